The molecule has 0 spiro atoms. The molecule has 1 saturated carbocycles. The molecule has 0 radical (unpaired) electrons. The first-order valence-electron chi connectivity index (χ1n) is 7.94. The van der Waals surface area contributed by atoms with Crippen LogP contribution in [0.15, 0.2) is 11.8 Å². The van der Waals surface area contributed by atoms with Gasteiger partial charge in [0, 0.05) is 24.4 Å². The Labute approximate surface area is 123 Å². The second-order valence-electron chi connectivity index (χ2n) is 5.88. The lowest BCUT2D eigenvalue weighted by Crippen LogP contribution is -2.33. The second-order valence-corrected chi connectivity index (χ2v) is 5.88. The second kappa shape index (κ2) is 9.81. The van der Waals surface area contributed by atoms with Crippen molar-refractivity contribution in [3.8, 4) is 0 Å². The molecular formula is C16H30N2O2. The number of hydrogen-bond donors (Lipinski definition) is 2. The number of ether oxygens (including phenoxy) is 1. The predicted molar refractivity (Wildman–Crippen MR) is 82.5 cm³/mol. The van der Waals surface area contributed by atoms with Crippen LogP contribution in [0.3, 0.4) is 0 Å². The number of carbonyl (C=O) groups excluding carboxylic acids is 1. The van der Waals surface area contributed by atoms with Gasteiger partial charge in [0.05, 0.1) is 6.10 Å². The van der Waals surface area contributed by atoms with E-state index in [9.17, 15) is 4.79 Å². The molecule has 0 aliphatic heterocycles. The highest BCUT2D eigenvalue weighted by Gasteiger charge is 2.11. The third-order valence-electron chi connectivity index (χ3n) is 3.48. The van der Waals surface area contributed by atoms with Crippen molar-refractivity contribution in [1.82, 2.24) is 10.6 Å². The van der Waals surface area contributed by atoms with Gasteiger partial charge in [0.25, 0.3) is 0 Å². The lowest BCUT2D eigenvalue weighted by molar-refractivity contribution is -0.141. The summed E-state index contributed by atoms with van der Waals surface area (Å²) < 4.78 is 5.06. The smallest absolute Gasteiger partial charge is 0.332 e. The highest BCUT2D eigenvalue weighted by atomic mass is 16.5. The van der Waals surface area contributed by atoms with Crippen LogP contribution in [0.1, 0.15) is 59.3 Å². The molecule has 0 bridgehead atoms. The fourth-order valence-electron chi connectivity index (χ4n) is 2.48. The third-order valence-corrected chi connectivity index (χ3v) is 3.48. The Kier molecular flexibility index (Phi) is 8.35. The van der Waals surface area contributed by atoms with Crippen LogP contribution in [0.5, 0.6) is 0 Å². The van der Waals surface area contributed by atoms with Gasteiger partial charge in [-0.05, 0) is 46.6 Å². The Morgan fingerprint density at radius 2 is 1.95 bits per heavy atom. The van der Waals surface area contributed by atoms with Gasteiger partial charge in [0.2, 0.25) is 0 Å². The number of allylic oxidation sites excluding steroid dienone is 1. The number of hydrogen-bond acceptors (Lipinski definition) is 4. The Morgan fingerprint density at radius 3 is 2.60 bits per heavy atom. The molecule has 116 valence electrons. The summed E-state index contributed by atoms with van der Waals surface area (Å²) in [5.41, 5.74) is 0.869. The Bertz CT molecular complexity index is 308. The highest BCUT2D eigenvalue weighted by Crippen LogP contribution is 2.17. The van der Waals surface area contributed by atoms with E-state index >= 15 is 0 Å². The summed E-state index contributed by atoms with van der Waals surface area (Å²) in [5, 5.41) is 6.86. The standard InChI is InChI=1S/C16H30N2O2/c1-13(2)20-16(19)12-14(3)17-10-7-11-18-15-8-5-4-6-9-15/h12-13,15,17-18H,4-11H2,1-3H3/b14-12-. The summed E-state index contributed by atoms with van der Waals surface area (Å²) in [6, 6.07) is 0.724. The Hall–Kier alpha value is -1.03. The largest absolute Gasteiger partial charge is 0.460 e. The third kappa shape index (κ3) is 8.20. The highest BCUT2D eigenvalue weighted by molar-refractivity contribution is 5.82. The zero-order valence-corrected chi connectivity index (χ0v) is 13.2. The summed E-state index contributed by atoms with van der Waals surface area (Å²) in [6.07, 6.45) is 9.32. The summed E-state index contributed by atoms with van der Waals surface area (Å²) >= 11 is 0. The van der Waals surface area contributed by atoms with Crippen LogP contribution in [-0.4, -0.2) is 31.2 Å². The fourth-order valence-corrected chi connectivity index (χ4v) is 2.48. The molecule has 1 rings (SSSR count). The minimum Gasteiger partial charge on any atom is -0.460 e. The first-order valence-corrected chi connectivity index (χ1v) is 7.94. The molecule has 0 aromatic rings. The monoisotopic (exact) mass is 282 g/mol. The van der Waals surface area contributed by atoms with Crippen molar-refractivity contribution in [3.05, 3.63) is 11.8 Å². The normalized spacial score (nSPS) is 17.3. The summed E-state index contributed by atoms with van der Waals surface area (Å²) in [7, 11) is 0. The number of esters is 1. The topological polar surface area (TPSA) is 50.4 Å². The van der Waals surface area contributed by atoms with Crippen LogP contribution in [0.25, 0.3) is 0 Å². The Balaban J connectivity index is 2.04. The van der Waals surface area contributed by atoms with E-state index in [1.165, 1.54) is 38.2 Å². The molecule has 0 saturated heterocycles. The van der Waals surface area contributed by atoms with E-state index < -0.39 is 0 Å². The first-order chi connectivity index (χ1) is 9.58. The van der Waals surface area contributed by atoms with Crippen LogP contribution < -0.4 is 10.6 Å². The molecule has 0 atom stereocenters. The first kappa shape index (κ1) is 17.0. The molecule has 0 aromatic heterocycles. The summed E-state index contributed by atoms with van der Waals surface area (Å²) in [5.74, 6) is -0.273. The van der Waals surface area contributed by atoms with Gasteiger partial charge in [0.15, 0.2) is 0 Å². The average Bonchev–Trinajstić information content (AvgIpc) is 2.38. The molecule has 1 fully saturated rings. The number of rotatable bonds is 8. The van der Waals surface area contributed by atoms with Gasteiger partial charge in [-0.25, -0.2) is 4.79 Å². The molecule has 1 aliphatic rings. The van der Waals surface area contributed by atoms with E-state index in [2.05, 4.69) is 10.6 Å². The fraction of sp³-hybridized carbons (Fsp3) is 0.812. The maximum absolute atomic E-state index is 11.4. The maximum atomic E-state index is 11.4. The zero-order chi connectivity index (χ0) is 14.8. The summed E-state index contributed by atoms with van der Waals surface area (Å²) in [4.78, 5) is 11.4. The summed E-state index contributed by atoms with van der Waals surface area (Å²) in [6.45, 7) is 7.53. The molecule has 2 N–H and O–H groups in total. The van der Waals surface area contributed by atoms with Crippen molar-refractivity contribution in [2.45, 2.75) is 71.4 Å². The molecule has 0 unspecified atom stereocenters. The van der Waals surface area contributed by atoms with E-state index in [1.807, 2.05) is 20.8 Å². The van der Waals surface area contributed by atoms with Gasteiger partial charge in [-0.3, -0.25) is 0 Å². The lowest BCUT2D eigenvalue weighted by Gasteiger charge is -2.22. The van der Waals surface area contributed by atoms with E-state index in [0.29, 0.717) is 0 Å². The zero-order valence-electron chi connectivity index (χ0n) is 13.2. The minimum atomic E-state index is -0.273. The lowest BCUT2D eigenvalue weighted by atomic mass is 9.95. The van der Waals surface area contributed by atoms with E-state index in [0.717, 1.165) is 31.2 Å². The van der Waals surface area contributed by atoms with Crippen molar-refractivity contribution in [1.29, 1.82) is 0 Å². The quantitative estimate of drug-likeness (QED) is 0.408. The van der Waals surface area contributed by atoms with Gasteiger partial charge in [0.1, 0.15) is 0 Å². The molecular weight excluding hydrogens is 252 g/mol. The van der Waals surface area contributed by atoms with Gasteiger partial charge >= 0.3 is 5.97 Å². The Morgan fingerprint density at radius 1 is 1.25 bits per heavy atom. The molecule has 0 aromatic carbocycles. The van der Waals surface area contributed by atoms with Crippen molar-refractivity contribution in [2.24, 2.45) is 0 Å². The molecule has 0 heterocycles. The van der Waals surface area contributed by atoms with Gasteiger partial charge in [-0.15, -0.1) is 0 Å². The van der Waals surface area contributed by atoms with E-state index in [4.69, 9.17) is 4.74 Å². The molecule has 0 amide bonds. The average molecular weight is 282 g/mol. The molecule has 20 heavy (non-hydrogen) atoms. The van der Waals surface area contributed by atoms with Crippen LogP contribution in [0.2, 0.25) is 0 Å². The van der Waals surface area contributed by atoms with Crippen molar-refractivity contribution in [3.63, 3.8) is 0 Å². The van der Waals surface area contributed by atoms with Crippen LogP contribution in [-0.2, 0) is 9.53 Å². The van der Waals surface area contributed by atoms with Gasteiger partial charge < -0.3 is 15.4 Å². The van der Waals surface area contributed by atoms with E-state index in [1.54, 1.807) is 0 Å². The van der Waals surface area contributed by atoms with E-state index in [-0.39, 0.29) is 12.1 Å². The van der Waals surface area contributed by atoms with Crippen molar-refractivity contribution >= 4 is 5.97 Å². The van der Waals surface area contributed by atoms with Crippen LogP contribution in [0.4, 0.5) is 0 Å². The SMILES string of the molecule is C/C(=C/C(=O)OC(C)C)NCCCNC1CCCCC1. The predicted octanol–water partition coefficient (Wildman–Crippen LogP) is 2.74. The molecule has 1 aliphatic carbocycles. The minimum absolute atomic E-state index is 0.0637. The maximum Gasteiger partial charge on any atom is 0.332 e. The number of carbonyl (C=O) groups is 1. The van der Waals surface area contributed by atoms with Crippen LogP contribution >= 0.6 is 0 Å². The van der Waals surface area contributed by atoms with Crippen molar-refractivity contribution < 1.29 is 9.53 Å². The molecule has 4 heteroatoms. The van der Waals surface area contributed by atoms with Crippen LogP contribution in [0, 0.1) is 0 Å². The molecule has 4 nitrogen and oxygen atoms in total. The van der Waals surface area contributed by atoms with Crippen molar-refractivity contribution in [2.75, 3.05) is 13.1 Å². The number of nitrogens with one attached hydrogen (secondary N) is 2. The van der Waals surface area contributed by atoms with Gasteiger partial charge in [-0.1, -0.05) is 19.3 Å². The van der Waals surface area contributed by atoms with Gasteiger partial charge in [-0.2, -0.15) is 0 Å².